The fourth-order valence-corrected chi connectivity index (χ4v) is 5.53. The van der Waals surface area contributed by atoms with Crippen LogP contribution >= 0.6 is 22.7 Å². The second-order valence-electron chi connectivity index (χ2n) is 4.09. The Bertz CT molecular complexity index is 729. The molecular formula is C12H12N2O4S3. The van der Waals surface area contributed by atoms with Crippen LogP contribution in [-0.4, -0.2) is 20.2 Å². The molecule has 0 unspecified atom stereocenters. The van der Waals surface area contributed by atoms with E-state index in [0.29, 0.717) is 0 Å². The molecule has 0 aliphatic carbocycles. The van der Waals surface area contributed by atoms with E-state index in [2.05, 4.69) is 10.6 Å². The zero-order valence-electron chi connectivity index (χ0n) is 11.2. The minimum absolute atomic E-state index is 0.0210. The zero-order valence-corrected chi connectivity index (χ0v) is 13.6. The van der Waals surface area contributed by atoms with Crippen LogP contribution in [0.25, 0.3) is 0 Å². The number of amides is 2. The van der Waals surface area contributed by atoms with Gasteiger partial charge in [-0.05, 0) is 22.9 Å². The number of rotatable bonds is 4. The number of hydrogen-bond acceptors (Lipinski definition) is 6. The van der Waals surface area contributed by atoms with Crippen molar-refractivity contribution in [3.63, 3.8) is 0 Å². The fourth-order valence-electron chi connectivity index (χ4n) is 1.64. The van der Waals surface area contributed by atoms with E-state index in [-0.39, 0.29) is 31.6 Å². The summed E-state index contributed by atoms with van der Waals surface area (Å²) >= 11 is 2.25. The van der Waals surface area contributed by atoms with Crippen LogP contribution in [0.5, 0.6) is 0 Å². The van der Waals surface area contributed by atoms with Gasteiger partial charge in [0, 0.05) is 13.8 Å². The van der Waals surface area contributed by atoms with Crippen LogP contribution in [0.1, 0.15) is 13.8 Å². The van der Waals surface area contributed by atoms with Crippen molar-refractivity contribution in [1.29, 1.82) is 0 Å². The summed E-state index contributed by atoms with van der Waals surface area (Å²) in [5, 5.41) is 8.70. The molecule has 9 heteroatoms. The summed E-state index contributed by atoms with van der Waals surface area (Å²) in [4.78, 5) is 22.3. The third-order valence-corrected chi connectivity index (χ3v) is 6.17. The van der Waals surface area contributed by atoms with E-state index in [1.807, 2.05) is 0 Å². The van der Waals surface area contributed by atoms with Crippen molar-refractivity contribution in [2.45, 2.75) is 23.6 Å². The highest BCUT2D eigenvalue weighted by Crippen LogP contribution is 2.37. The molecule has 0 spiro atoms. The van der Waals surface area contributed by atoms with E-state index in [1.165, 1.54) is 26.0 Å². The van der Waals surface area contributed by atoms with Gasteiger partial charge in [0.2, 0.25) is 21.7 Å². The second kappa shape index (κ2) is 5.96. The van der Waals surface area contributed by atoms with Crippen LogP contribution in [-0.2, 0) is 19.4 Å². The lowest BCUT2D eigenvalue weighted by atomic mass is 10.6. The Hall–Kier alpha value is -1.71. The van der Waals surface area contributed by atoms with Gasteiger partial charge >= 0.3 is 0 Å². The lowest BCUT2D eigenvalue weighted by molar-refractivity contribution is -0.115. The first-order chi connectivity index (χ1) is 9.82. The van der Waals surface area contributed by atoms with E-state index in [4.69, 9.17) is 0 Å². The molecule has 0 aromatic carbocycles. The van der Waals surface area contributed by atoms with Crippen molar-refractivity contribution in [3.8, 4) is 0 Å². The lowest BCUT2D eigenvalue weighted by Crippen LogP contribution is -2.11. The Morgan fingerprint density at radius 2 is 1.29 bits per heavy atom. The fraction of sp³-hybridized carbons (Fsp3) is 0.167. The molecule has 0 atom stereocenters. The first-order valence-corrected chi connectivity index (χ1v) is 9.02. The topological polar surface area (TPSA) is 92.3 Å². The van der Waals surface area contributed by atoms with Gasteiger partial charge in [-0.25, -0.2) is 8.42 Å². The SMILES string of the molecule is CC(=O)Nc1sccc1S(=O)(=O)c1ccsc1NC(C)=O. The first kappa shape index (κ1) is 15.7. The molecule has 2 rings (SSSR count). The van der Waals surface area contributed by atoms with Gasteiger partial charge in [-0.2, -0.15) is 0 Å². The summed E-state index contributed by atoms with van der Waals surface area (Å²) < 4.78 is 25.3. The lowest BCUT2D eigenvalue weighted by Gasteiger charge is -2.07. The Labute approximate surface area is 129 Å². The second-order valence-corrected chi connectivity index (χ2v) is 7.81. The van der Waals surface area contributed by atoms with Crippen LogP contribution in [0, 0.1) is 0 Å². The normalized spacial score (nSPS) is 11.1. The number of anilines is 2. The maximum atomic E-state index is 12.7. The highest BCUT2D eigenvalue weighted by atomic mass is 32.2. The molecule has 2 heterocycles. The van der Waals surface area contributed by atoms with Crippen molar-refractivity contribution in [2.24, 2.45) is 0 Å². The minimum Gasteiger partial charge on any atom is -0.317 e. The number of nitrogens with one attached hydrogen (secondary N) is 2. The van der Waals surface area contributed by atoms with Gasteiger partial charge in [0.25, 0.3) is 0 Å². The van der Waals surface area contributed by atoms with Crippen LogP contribution in [0.15, 0.2) is 32.7 Å². The smallest absolute Gasteiger partial charge is 0.221 e. The monoisotopic (exact) mass is 344 g/mol. The average Bonchev–Trinajstić information content (AvgIpc) is 2.96. The van der Waals surface area contributed by atoms with Gasteiger partial charge in [0.15, 0.2) is 0 Å². The predicted octanol–water partition coefficient (Wildman–Crippen LogP) is 2.56. The highest BCUT2D eigenvalue weighted by Gasteiger charge is 2.27. The Morgan fingerprint density at radius 3 is 1.62 bits per heavy atom. The molecule has 0 fully saturated rings. The van der Waals surface area contributed by atoms with Crippen molar-refractivity contribution in [2.75, 3.05) is 10.6 Å². The van der Waals surface area contributed by atoms with E-state index in [1.54, 1.807) is 10.8 Å². The van der Waals surface area contributed by atoms with Crippen molar-refractivity contribution in [1.82, 2.24) is 0 Å². The Balaban J connectivity index is 2.48. The molecule has 0 aliphatic rings. The van der Waals surface area contributed by atoms with Gasteiger partial charge in [0.05, 0.1) is 0 Å². The molecule has 0 saturated heterocycles. The molecule has 112 valence electrons. The van der Waals surface area contributed by atoms with Gasteiger partial charge in [-0.15, -0.1) is 22.7 Å². The summed E-state index contributed by atoms with van der Waals surface area (Å²) in [5.74, 6) is -0.692. The Morgan fingerprint density at radius 1 is 0.905 bits per heavy atom. The van der Waals surface area contributed by atoms with Gasteiger partial charge in [0.1, 0.15) is 19.8 Å². The summed E-state index contributed by atoms with van der Waals surface area (Å²) in [6.45, 7) is 2.62. The van der Waals surface area contributed by atoms with Gasteiger partial charge < -0.3 is 10.6 Å². The molecule has 6 nitrogen and oxygen atoms in total. The summed E-state index contributed by atoms with van der Waals surface area (Å²) in [7, 11) is -3.81. The molecule has 2 aromatic heterocycles. The van der Waals surface area contributed by atoms with E-state index < -0.39 is 9.84 Å². The molecule has 21 heavy (non-hydrogen) atoms. The quantitative estimate of drug-likeness (QED) is 0.891. The maximum absolute atomic E-state index is 12.7. The standard InChI is InChI=1S/C12H12N2O4S3/c1-7(15)13-11-9(3-5-19-11)21(17,18)10-4-6-20-12(10)14-8(2)16/h3-6H,1-2H3,(H,13,15)(H,14,16). The maximum Gasteiger partial charge on any atom is 0.221 e. The molecule has 0 radical (unpaired) electrons. The molecule has 0 aliphatic heterocycles. The molecular weight excluding hydrogens is 332 g/mol. The van der Waals surface area contributed by atoms with E-state index >= 15 is 0 Å². The van der Waals surface area contributed by atoms with E-state index in [9.17, 15) is 18.0 Å². The van der Waals surface area contributed by atoms with Crippen LogP contribution in [0.2, 0.25) is 0 Å². The van der Waals surface area contributed by atoms with Crippen LogP contribution < -0.4 is 10.6 Å². The number of sulfone groups is 1. The average molecular weight is 344 g/mol. The number of carbonyl (C=O) groups excluding carboxylic acids is 2. The van der Waals surface area contributed by atoms with Gasteiger partial charge in [-0.1, -0.05) is 0 Å². The van der Waals surface area contributed by atoms with E-state index in [0.717, 1.165) is 22.7 Å². The number of thiophene rings is 2. The van der Waals surface area contributed by atoms with Crippen LogP contribution in [0.3, 0.4) is 0 Å². The van der Waals surface area contributed by atoms with Crippen molar-refractivity contribution < 1.29 is 18.0 Å². The number of hydrogen-bond donors (Lipinski definition) is 2. The molecule has 0 saturated carbocycles. The third kappa shape index (κ3) is 3.31. The third-order valence-electron chi connectivity index (χ3n) is 2.42. The molecule has 2 aromatic rings. The van der Waals surface area contributed by atoms with Crippen molar-refractivity contribution >= 4 is 54.3 Å². The summed E-state index contributed by atoms with van der Waals surface area (Å²) in [6.07, 6.45) is 0. The largest absolute Gasteiger partial charge is 0.317 e. The zero-order chi connectivity index (χ0) is 15.6. The summed E-state index contributed by atoms with van der Waals surface area (Å²) in [5.41, 5.74) is 0. The highest BCUT2D eigenvalue weighted by molar-refractivity contribution is 7.92. The van der Waals surface area contributed by atoms with Crippen LogP contribution in [0.4, 0.5) is 10.0 Å². The molecule has 2 amide bonds. The minimum atomic E-state index is -3.81. The molecule has 2 N–H and O–H groups in total. The summed E-state index contributed by atoms with van der Waals surface area (Å²) in [6, 6.07) is 2.86. The van der Waals surface area contributed by atoms with Gasteiger partial charge in [-0.3, -0.25) is 9.59 Å². The first-order valence-electron chi connectivity index (χ1n) is 5.77. The number of carbonyl (C=O) groups is 2. The van der Waals surface area contributed by atoms with Crippen molar-refractivity contribution in [3.05, 3.63) is 22.9 Å². The predicted molar refractivity (Wildman–Crippen MR) is 82.7 cm³/mol. The molecule has 0 bridgehead atoms. The Kier molecular flexibility index (Phi) is 4.45.